The minimum atomic E-state index is -3.83. The number of nitrogens with one attached hydrogen (secondary N) is 1. The molecule has 0 saturated carbocycles. The summed E-state index contributed by atoms with van der Waals surface area (Å²) in [5, 5.41) is 13.6. The highest BCUT2D eigenvalue weighted by Gasteiger charge is 2.19. The number of carboxylic acid groups (broad SMARTS) is 1. The predicted octanol–water partition coefficient (Wildman–Crippen LogP) is 3.78. The van der Waals surface area contributed by atoms with Gasteiger partial charge in [0.1, 0.15) is 5.76 Å². The molecule has 0 fully saturated rings. The number of carbonyl (C=O) groups is 1. The van der Waals surface area contributed by atoms with Crippen molar-refractivity contribution in [3.8, 4) is 0 Å². The molecular formula is C22H25N3O5S. The van der Waals surface area contributed by atoms with Crippen molar-refractivity contribution in [1.29, 1.82) is 0 Å². The molecule has 0 amide bonds. The lowest BCUT2D eigenvalue weighted by atomic mass is 10.1. The average Bonchev–Trinajstić information content (AvgIpc) is 3.03. The molecule has 8 nitrogen and oxygen atoms in total. The van der Waals surface area contributed by atoms with Gasteiger partial charge < -0.3 is 14.5 Å². The summed E-state index contributed by atoms with van der Waals surface area (Å²) >= 11 is 0. The third-order valence-corrected chi connectivity index (χ3v) is 6.45. The number of nitrogens with zero attached hydrogens (tertiary/aromatic N) is 2. The van der Waals surface area contributed by atoms with Crippen LogP contribution in [0.25, 0.3) is 0 Å². The van der Waals surface area contributed by atoms with Crippen LogP contribution < -0.4 is 9.62 Å². The van der Waals surface area contributed by atoms with Gasteiger partial charge in [0.05, 0.1) is 21.8 Å². The zero-order valence-corrected chi connectivity index (χ0v) is 18.7. The van der Waals surface area contributed by atoms with Crippen LogP contribution in [0.15, 0.2) is 51.9 Å². The minimum Gasteiger partial charge on any atom is -0.478 e. The highest BCUT2D eigenvalue weighted by Crippen LogP contribution is 2.26. The Morgan fingerprint density at radius 2 is 1.90 bits per heavy atom. The van der Waals surface area contributed by atoms with E-state index in [-0.39, 0.29) is 16.1 Å². The first-order valence-corrected chi connectivity index (χ1v) is 11.2. The first kappa shape index (κ1) is 22.4. The molecular weight excluding hydrogens is 418 g/mol. The SMILES string of the molecule is Cc1cccc(S(=O)(=O)Nc2ccc(N(C)CCc3c(C)noc3C)c(C(=O)O)c2)c1. The van der Waals surface area contributed by atoms with E-state index in [1.807, 2.05) is 18.7 Å². The molecule has 1 aromatic heterocycles. The molecule has 0 radical (unpaired) electrons. The van der Waals surface area contributed by atoms with E-state index in [2.05, 4.69) is 9.88 Å². The van der Waals surface area contributed by atoms with Gasteiger partial charge in [0.15, 0.2) is 0 Å². The summed E-state index contributed by atoms with van der Waals surface area (Å²) in [6.07, 6.45) is 0.637. The van der Waals surface area contributed by atoms with Crippen molar-refractivity contribution in [2.75, 3.05) is 23.2 Å². The third kappa shape index (κ3) is 5.05. The fourth-order valence-electron chi connectivity index (χ4n) is 3.36. The van der Waals surface area contributed by atoms with Gasteiger partial charge in [0.2, 0.25) is 0 Å². The quantitative estimate of drug-likeness (QED) is 0.545. The lowest BCUT2D eigenvalue weighted by Gasteiger charge is -2.22. The summed E-state index contributed by atoms with van der Waals surface area (Å²) in [6.45, 7) is 6.04. The van der Waals surface area contributed by atoms with Crippen molar-refractivity contribution in [3.05, 3.63) is 70.6 Å². The average molecular weight is 444 g/mol. The smallest absolute Gasteiger partial charge is 0.337 e. The normalized spacial score (nSPS) is 11.4. The Labute approximate surface area is 181 Å². The van der Waals surface area contributed by atoms with Crippen LogP contribution in [0.4, 0.5) is 11.4 Å². The zero-order chi connectivity index (χ0) is 22.8. The van der Waals surface area contributed by atoms with Crippen LogP contribution in [0.1, 0.15) is 32.9 Å². The molecule has 0 atom stereocenters. The second kappa shape index (κ2) is 8.81. The van der Waals surface area contributed by atoms with E-state index in [1.54, 1.807) is 44.3 Å². The molecule has 2 N–H and O–H groups in total. The Hall–Kier alpha value is -3.33. The molecule has 31 heavy (non-hydrogen) atoms. The van der Waals surface area contributed by atoms with Gasteiger partial charge in [0.25, 0.3) is 10.0 Å². The molecule has 0 bridgehead atoms. The summed E-state index contributed by atoms with van der Waals surface area (Å²) in [5.41, 5.74) is 3.28. The Bertz CT molecular complexity index is 1200. The first-order chi connectivity index (χ1) is 14.6. The number of hydrogen-bond donors (Lipinski definition) is 2. The fraction of sp³-hybridized carbons (Fsp3) is 0.273. The van der Waals surface area contributed by atoms with Crippen molar-refractivity contribution in [1.82, 2.24) is 5.16 Å². The number of aryl methyl sites for hydroxylation is 3. The number of sulfonamides is 1. The number of hydrogen-bond acceptors (Lipinski definition) is 6. The molecule has 0 spiro atoms. The van der Waals surface area contributed by atoms with Gasteiger partial charge in [-0.2, -0.15) is 0 Å². The molecule has 2 aromatic carbocycles. The maximum atomic E-state index is 12.7. The number of anilines is 2. The lowest BCUT2D eigenvalue weighted by molar-refractivity contribution is 0.0697. The summed E-state index contributed by atoms with van der Waals surface area (Å²) in [4.78, 5) is 13.8. The van der Waals surface area contributed by atoms with E-state index >= 15 is 0 Å². The topological polar surface area (TPSA) is 113 Å². The molecule has 9 heteroatoms. The Morgan fingerprint density at radius 1 is 1.16 bits per heavy atom. The first-order valence-electron chi connectivity index (χ1n) is 9.68. The van der Waals surface area contributed by atoms with E-state index < -0.39 is 16.0 Å². The van der Waals surface area contributed by atoms with Gasteiger partial charge in [0, 0.05) is 24.8 Å². The lowest BCUT2D eigenvalue weighted by Crippen LogP contribution is -2.23. The van der Waals surface area contributed by atoms with Gasteiger partial charge in [-0.1, -0.05) is 17.3 Å². The van der Waals surface area contributed by atoms with E-state index in [0.717, 1.165) is 22.6 Å². The third-order valence-electron chi connectivity index (χ3n) is 5.07. The van der Waals surface area contributed by atoms with Gasteiger partial charge in [-0.05, 0) is 63.1 Å². The Kier molecular flexibility index (Phi) is 6.35. The standard InChI is InChI=1S/C22H25N3O5S/c1-14-6-5-7-18(12-14)31(28,29)24-17-8-9-21(20(13-17)22(26)27)25(4)11-10-19-15(2)23-30-16(19)3/h5-9,12-13,24H,10-11H2,1-4H3,(H,26,27). The molecule has 0 unspecified atom stereocenters. The number of aromatic carboxylic acids is 1. The van der Waals surface area contributed by atoms with Gasteiger partial charge >= 0.3 is 5.97 Å². The van der Waals surface area contributed by atoms with Crippen molar-refractivity contribution in [2.24, 2.45) is 0 Å². The molecule has 0 aliphatic carbocycles. The van der Waals surface area contributed by atoms with Crippen molar-refractivity contribution >= 4 is 27.4 Å². The van der Waals surface area contributed by atoms with Crippen LogP contribution in [-0.4, -0.2) is 38.2 Å². The van der Waals surface area contributed by atoms with E-state index in [0.29, 0.717) is 18.7 Å². The number of benzene rings is 2. The summed E-state index contributed by atoms with van der Waals surface area (Å²) in [7, 11) is -2.05. The van der Waals surface area contributed by atoms with E-state index in [4.69, 9.17) is 4.52 Å². The zero-order valence-electron chi connectivity index (χ0n) is 17.8. The maximum Gasteiger partial charge on any atom is 0.337 e. The number of rotatable bonds is 8. The molecule has 3 aromatic rings. The van der Waals surface area contributed by atoms with Gasteiger partial charge in [-0.25, -0.2) is 13.2 Å². The van der Waals surface area contributed by atoms with Crippen LogP contribution >= 0.6 is 0 Å². The van der Waals surface area contributed by atoms with Crippen molar-refractivity contribution in [2.45, 2.75) is 32.1 Å². The van der Waals surface area contributed by atoms with Crippen LogP contribution in [0.2, 0.25) is 0 Å². The predicted molar refractivity (Wildman–Crippen MR) is 118 cm³/mol. The second-order valence-corrected chi connectivity index (χ2v) is 9.12. The highest BCUT2D eigenvalue weighted by atomic mass is 32.2. The van der Waals surface area contributed by atoms with Gasteiger partial charge in [-0.3, -0.25) is 4.72 Å². The number of carboxylic acids is 1. The highest BCUT2D eigenvalue weighted by molar-refractivity contribution is 7.92. The number of likely N-dealkylation sites (N-methyl/N-ethyl adjacent to an activating group) is 1. The van der Waals surface area contributed by atoms with Crippen molar-refractivity contribution in [3.63, 3.8) is 0 Å². The molecule has 0 aliphatic rings. The molecule has 164 valence electrons. The number of aromatic nitrogens is 1. The van der Waals surface area contributed by atoms with Crippen LogP contribution in [-0.2, 0) is 16.4 Å². The van der Waals surface area contributed by atoms with E-state index in [9.17, 15) is 18.3 Å². The van der Waals surface area contributed by atoms with Crippen LogP contribution in [0.3, 0.4) is 0 Å². The minimum absolute atomic E-state index is 0.00528. The molecule has 0 saturated heterocycles. The molecule has 3 rings (SSSR count). The summed E-state index contributed by atoms with van der Waals surface area (Å²) in [6, 6.07) is 11.0. The van der Waals surface area contributed by atoms with E-state index in [1.165, 1.54) is 12.1 Å². The van der Waals surface area contributed by atoms with Crippen molar-refractivity contribution < 1.29 is 22.8 Å². The maximum absolute atomic E-state index is 12.7. The van der Waals surface area contributed by atoms with Gasteiger partial charge in [-0.15, -0.1) is 0 Å². The monoisotopic (exact) mass is 443 g/mol. The summed E-state index contributed by atoms with van der Waals surface area (Å²) < 4.78 is 33.0. The Morgan fingerprint density at radius 3 is 2.52 bits per heavy atom. The van der Waals surface area contributed by atoms with Crippen LogP contribution in [0.5, 0.6) is 0 Å². The second-order valence-electron chi connectivity index (χ2n) is 7.43. The molecule has 1 heterocycles. The summed E-state index contributed by atoms with van der Waals surface area (Å²) in [5.74, 6) is -0.402. The fourth-order valence-corrected chi connectivity index (χ4v) is 4.51. The molecule has 0 aliphatic heterocycles. The Balaban J connectivity index is 1.83. The van der Waals surface area contributed by atoms with Crippen LogP contribution in [0, 0.1) is 20.8 Å². The largest absolute Gasteiger partial charge is 0.478 e.